The molecule has 0 aliphatic carbocycles. The summed E-state index contributed by atoms with van der Waals surface area (Å²) in [5, 5.41) is 2.93. The summed E-state index contributed by atoms with van der Waals surface area (Å²) in [6, 6.07) is 17.7. The Morgan fingerprint density at radius 3 is 2.48 bits per heavy atom. The van der Waals surface area contributed by atoms with Crippen molar-refractivity contribution in [3.63, 3.8) is 0 Å². The highest BCUT2D eigenvalue weighted by atomic mass is 16.3. The zero-order chi connectivity index (χ0) is 18.5. The van der Waals surface area contributed by atoms with Gasteiger partial charge in [0.2, 0.25) is 11.8 Å². The summed E-state index contributed by atoms with van der Waals surface area (Å²) in [7, 11) is 0. The first-order valence-corrected chi connectivity index (χ1v) is 9.43. The number of amides is 1. The number of piperidine rings is 1. The standard InChI is InChI=1S/C22H23N3O2/c26-21(15-19-16-27-22(24-19)17-7-3-1-4-8-17)23-18-9-11-20(12-10-18)25-13-5-2-6-14-25/h1,3-4,7-12,16H,2,5-6,13-15H2,(H,23,26). The van der Waals surface area contributed by atoms with Gasteiger partial charge in [0.05, 0.1) is 12.1 Å². The molecule has 1 aliphatic rings. The normalized spacial score (nSPS) is 14.1. The number of hydrogen-bond acceptors (Lipinski definition) is 4. The van der Waals surface area contributed by atoms with Crippen molar-refractivity contribution in [3.8, 4) is 11.5 Å². The Morgan fingerprint density at radius 2 is 1.74 bits per heavy atom. The van der Waals surface area contributed by atoms with Crippen molar-refractivity contribution in [2.75, 3.05) is 23.3 Å². The van der Waals surface area contributed by atoms with E-state index in [0.29, 0.717) is 11.6 Å². The van der Waals surface area contributed by atoms with Crippen LogP contribution >= 0.6 is 0 Å². The Bertz CT molecular complexity index is 881. The molecule has 0 atom stereocenters. The number of carbonyl (C=O) groups excluding carboxylic acids is 1. The van der Waals surface area contributed by atoms with Gasteiger partial charge in [-0.25, -0.2) is 4.98 Å². The third kappa shape index (κ3) is 4.37. The van der Waals surface area contributed by atoms with Crippen molar-refractivity contribution in [2.45, 2.75) is 25.7 Å². The molecule has 1 N–H and O–H groups in total. The van der Waals surface area contributed by atoms with E-state index < -0.39 is 0 Å². The fraction of sp³-hybridized carbons (Fsp3) is 0.273. The van der Waals surface area contributed by atoms with Gasteiger partial charge < -0.3 is 14.6 Å². The van der Waals surface area contributed by atoms with E-state index in [-0.39, 0.29) is 12.3 Å². The Labute approximate surface area is 159 Å². The highest BCUT2D eigenvalue weighted by Gasteiger charge is 2.12. The molecular formula is C22H23N3O2. The second-order valence-corrected chi connectivity index (χ2v) is 6.83. The van der Waals surface area contributed by atoms with Gasteiger partial charge in [-0.05, 0) is 55.7 Å². The van der Waals surface area contributed by atoms with E-state index in [0.717, 1.165) is 24.3 Å². The van der Waals surface area contributed by atoms with Crippen LogP contribution in [0.25, 0.3) is 11.5 Å². The fourth-order valence-electron chi connectivity index (χ4n) is 3.38. The number of hydrogen-bond donors (Lipinski definition) is 1. The predicted octanol–water partition coefficient (Wildman–Crippen LogP) is 4.51. The molecule has 5 nitrogen and oxygen atoms in total. The van der Waals surface area contributed by atoms with Gasteiger partial charge in [-0.1, -0.05) is 18.2 Å². The summed E-state index contributed by atoms with van der Waals surface area (Å²) in [6.07, 6.45) is 5.55. The van der Waals surface area contributed by atoms with E-state index in [4.69, 9.17) is 4.42 Å². The molecular weight excluding hydrogens is 338 g/mol. The number of nitrogens with zero attached hydrogens (tertiary/aromatic N) is 2. The van der Waals surface area contributed by atoms with Gasteiger partial charge in [-0.15, -0.1) is 0 Å². The molecule has 0 saturated carbocycles. The minimum atomic E-state index is -0.103. The van der Waals surface area contributed by atoms with E-state index in [1.54, 1.807) is 6.26 Å². The maximum absolute atomic E-state index is 12.3. The second kappa shape index (κ2) is 8.08. The van der Waals surface area contributed by atoms with E-state index >= 15 is 0 Å². The molecule has 1 saturated heterocycles. The Kier molecular flexibility index (Phi) is 5.19. The summed E-state index contributed by atoms with van der Waals surface area (Å²) in [4.78, 5) is 19.1. The van der Waals surface area contributed by atoms with Gasteiger partial charge in [0.15, 0.2) is 0 Å². The number of rotatable bonds is 5. The van der Waals surface area contributed by atoms with Gasteiger partial charge in [0.1, 0.15) is 6.26 Å². The van der Waals surface area contributed by atoms with Gasteiger partial charge in [-0.3, -0.25) is 4.79 Å². The van der Waals surface area contributed by atoms with Crippen LogP contribution in [-0.4, -0.2) is 24.0 Å². The van der Waals surface area contributed by atoms with Gasteiger partial charge in [-0.2, -0.15) is 0 Å². The first-order chi connectivity index (χ1) is 13.3. The smallest absolute Gasteiger partial charge is 0.230 e. The minimum absolute atomic E-state index is 0.103. The van der Waals surface area contributed by atoms with Crippen molar-refractivity contribution in [3.05, 3.63) is 66.6 Å². The van der Waals surface area contributed by atoms with Crippen LogP contribution in [0.15, 0.2) is 65.3 Å². The quantitative estimate of drug-likeness (QED) is 0.726. The lowest BCUT2D eigenvalue weighted by Gasteiger charge is -2.28. The molecule has 2 aromatic carbocycles. The van der Waals surface area contributed by atoms with Crippen LogP contribution in [0.2, 0.25) is 0 Å². The summed E-state index contributed by atoms with van der Waals surface area (Å²) in [5.41, 5.74) is 3.54. The zero-order valence-corrected chi connectivity index (χ0v) is 15.2. The van der Waals surface area contributed by atoms with Crippen molar-refractivity contribution in [1.29, 1.82) is 0 Å². The molecule has 0 unspecified atom stereocenters. The maximum atomic E-state index is 12.3. The van der Waals surface area contributed by atoms with Crippen LogP contribution in [0.5, 0.6) is 0 Å². The van der Waals surface area contributed by atoms with E-state index in [1.807, 2.05) is 42.5 Å². The Morgan fingerprint density at radius 1 is 1.00 bits per heavy atom. The lowest BCUT2D eigenvalue weighted by molar-refractivity contribution is -0.115. The molecule has 27 heavy (non-hydrogen) atoms. The van der Waals surface area contributed by atoms with Gasteiger partial charge in [0, 0.05) is 30.0 Å². The van der Waals surface area contributed by atoms with E-state index in [2.05, 4.69) is 27.3 Å². The Hall–Kier alpha value is -3.08. The molecule has 2 heterocycles. The van der Waals surface area contributed by atoms with Crippen molar-refractivity contribution >= 4 is 17.3 Å². The zero-order valence-electron chi connectivity index (χ0n) is 15.2. The number of nitrogens with one attached hydrogen (secondary N) is 1. The van der Waals surface area contributed by atoms with Crippen LogP contribution in [0.3, 0.4) is 0 Å². The molecule has 0 bridgehead atoms. The van der Waals surface area contributed by atoms with Crippen LogP contribution < -0.4 is 10.2 Å². The molecule has 3 aromatic rings. The first-order valence-electron chi connectivity index (χ1n) is 9.43. The Balaban J connectivity index is 1.35. The summed E-state index contributed by atoms with van der Waals surface area (Å²) >= 11 is 0. The third-order valence-electron chi connectivity index (χ3n) is 4.79. The fourth-order valence-corrected chi connectivity index (χ4v) is 3.38. The first kappa shape index (κ1) is 17.3. The average Bonchev–Trinajstić information content (AvgIpc) is 3.18. The monoisotopic (exact) mass is 361 g/mol. The minimum Gasteiger partial charge on any atom is -0.444 e. The number of benzene rings is 2. The van der Waals surface area contributed by atoms with Gasteiger partial charge in [0.25, 0.3) is 0 Å². The van der Waals surface area contributed by atoms with E-state index in [9.17, 15) is 4.79 Å². The highest BCUT2D eigenvalue weighted by Crippen LogP contribution is 2.22. The van der Waals surface area contributed by atoms with Crippen molar-refractivity contribution in [2.24, 2.45) is 0 Å². The molecule has 1 amide bonds. The number of aromatic nitrogens is 1. The average molecular weight is 361 g/mol. The lowest BCUT2D eigenvalue weighted by Crippen LogP contribution is -2.29. The van der Waals surface area contributed by atoms with Gasteiger partial charge >= 0.3 is 0 Å². The van der Waals surface area contributed by atoms with Crippen LogP contribution in [-0.2, 0) is 11.2 Å². The lowest BCUT2D eigenvalue weighted by atomic mass is 10.1. The number of anilines is 2. The number of oxazole rings is 1. The molecule has 1 aromatic heterocycles. The topological polar surface area (TPSA) is 58.4 Å². The summed E-state index contributed by atoms with van der Waals surface area (Å²) < 4.78 is 5.49. The molecule has 138 valence electrons. The third-order valence-corrected chi connectivity index (χ3v) is 4.79. The molecule has 0 spiro atoms. The molecule has 1 aliphatic heterocycles. The predicted molar refractivity (Wildman–Crippen MR) is 107 cm³/mol. The SMILES string of the molecule is O=C(Cc1coc(-c2ccccc2)n1)Nc1ccc(N2CCCCC2)cc1. The van der Waals surface area contributed by atoms with E-state index in [1.165, 1.54) is 24.9 Å². The molecule has 5 heteroatoms. The molecule has 4 rings (SSSR count). The largest absolute Gasteiger partial charge is 0.444 e. The highest BCUT2D eigenvalue weighted by molar-refractivity contribution is 5.92. The van der Waals surface area contributed by atoms with Crippen molar-refractivity contribution < 1.29 is 9.21 Å². The maximum Gasteiger partial charge on any atom is 0.230 e. The molecule has 0 radical (unpaired) electrons. The number of carbonyl (C=O) groups is 1. The van der Waals surface area contributed by atoms with Crippen molar-refractivity contribution in [1.82, 2.24) is 4.98 Å². The summed E-state index contributed by atoms with van der Waals surface area (Å²) in [5.74, 6) is 0.429. The molecule has 1 fully saturated rings. The summed E-state index contributed by atoms with van der Waals surface area (Å²) in [6.45, 7) is 2.23. The second-order valence-electron chi connectivity index (χ2n) is 6.83. The van der Waals surface area contributed by atoms with Crippen LogP contribution in [0, 0.1) is 0 Å². The van der Waals surface area contributed by atoms with Crippen LogP contribution in [0.1, 0.15) is 25.0 Å². The van der Waals surface area contributed by atoms with Crippen LogP contribution in [0.4, 0.5) is 11.4 Å².